The van der Waals surface area contributed by atoms with Crippen LogP contribution in [0.25, 0.3) is 0 Å². The van der Waals surface area contributed by atoms with Crippen LogP contribution in [0.1, 0.15) is 24.8 Å². The van der Waals surface area contributed by atoms with E-state index in [1.165, 1.54) is 11.3 Å². The predicted molar refractivity (Wildman–Crippen MR) is 61.2 cm³/mol. The first-order chi connectivity index (χ1) is 7.28. The zero-order chi connectivity index (χ0) is 10.7. The van der Waals surface area contributed by atoms with Crippen LogP contribution in [0.3, 0.4) is 0 Å². The van der Waals surface area contributed by atoms with Crippen LogP contribution in [-0.2, 0) is 0 Å². The molecule has 1 unspecified atom stereocenters. The average molecular weight is 198 g/mol. The molecule has 0 N–H and O–H groups in total. The molecule has 1 saturated carbocycles. The maximum Gasteiger partial charge on any atom is 0.0659 e. The quantitative estimate of drug-likeness (QED) is 0.681. The number of aliphatic imine (C=N–C) groups is 1. The Labute approximate surface area is 90.3 Å². The molecule has 2 heteroatoms. The van der Waals surface area contributed by atoms with Crippen molar-refractivity contribution in [2.75, 3.05) is 0 Å². The molecule has 0 aliphatic heterocycles. The Kier molecular flexibility index (Phi) is 2.82. The lowest BCUT2D eigenvalue weighted by Gasteiger charge is -1.98. The minimum absolute atomic E-state index is 0.188. The second-order valence-electron chi connectivity index (χ2n) is 4.09. The average Bonchev–Trinajstić information content (AvgIpc) is 2.65. The molecule has 2 rings (SSSR count). The summed E-state index contributed by atoms with van der Waals surface area (Å²) in [6.45, 7) is 2.07. The van der Waals surface area contributed by atoms with Crippen LogP contribution in [-0.4, -0.2) is 5.71 Å². The topological polar surface area (TPSA) is 36.1 Å². The lowest BCUT2D eigenvalue weighted by molar-refractivity contribution is 0.711. The first-order valence-electron chi connectivity index (χ1n) is 5.30. The Morgan fingerprint density at radius 2 is 2.33 bits per heavy atom. The predicted octanol–water partition coefficient (Wildman–Crippen LogP) is 3.39. The van der Waals surface area contributed by atoms with E-state index in [9.17, 15) is 0 Å². The Morgan fingerprint density at radius 1 is 1.47 bits per heavy atom. The molecule has 0 saturated heterocycles. The maximum atomic E-state index is 8.79. The van der Waals surface area contributed by atoms with Crippen LogP contribution in [0, 0.1) is 24.2 Å². The molecule has 76 valence electrons. The van der Waals surface area contributed by atoms with Gasteiger partial charge >= 0.3 is 0 Å². The van der Waals surface area contributed by atoms with Gasteiger partial charge in [-0.2, -0.15) is 5.26 Å². The van der Waals surface area contributed by atoms with Crippen LogP contribution < -0.4 is 0 Å². The molecule has 1 aromatic rings. The minimum atomic E-state index is 0.188. The summed E-state index contributed by atoms with van der Waals surface area (Å²) in [7, 11) is 0. The SMILES string of the molecule is Cc1cccc(N=C2CCC(C#N)C2)c1. The van der Waals surface area contributed by atoms with E-state index in [4.69, 9.17) is 5.26 Å². The van der Waals surface area contributed by atoms with Gasteiger partial charge in [0.05, 0.1) is 17.7 Å². The van der Waals surface area contributed by atoms with Crippen molar-refractivity contribution in [3.8, 4) is 6.07 Å². The molecule has 0 radical (unpaired) electrons. The van der Waals surface area contributed by atoms with Gasteiger partial charge < -0.3 is 0 Å². The van der Waals surface area contributed by atoms with Gasteiger partial charge in [-0.25, -0.2) is 0 Å². The van der Waals surface area contributed by atoms with E-state index in [0.717, 1.165) is 24.9 Å². The molecule has 1 aromatic carbocycles. The summed E-state index contributed by atoms with van der Waals surface area (Å²) in [5.74, 6) is 0.188. The summed E-state index contributed by atoms with van der Waals surface area (Å²) in [6.07, 6.45) is 2.80. The Balaban J connectivity index is 2.15. The van der Waals surface area contributed by atoms with E-state index < -0.39 is 0 Å². The molecule has 1 aliphatic carbocycles. The number of benzene rings is 1. The largest absolute Gasteiger partial charge is 0.258 e. The molecule has 0 amide bonds. The molecule has 1 fully saturated rings. The van der Waals surface area contributed by atoms with Crippen molar-refractivity contribution in [3.05, 3.63) is 29.8 Å². The van der Waals surface area contributed by atoms with E-state index in [1.807, 2.05) is 12.1 Å². The zero-order valence-corrected chi connectivity index (χ0v) is 8.90. The molecule has 0 aromatic heterocycles. The van der Waals surface area contributed by atoms with Crippen LogP contribution >= 0.6 is 0 Å². The number of nitrogens with zero attached hydrogens (tertiary/aromatic N) is 2. The normalized spacial score (nSPS) is 22.9. The number of rotatable bonds is 1. The summed E-state index contributed by atoms with van der Waals surface area (Å²) in [6, 6.07) is 10.5. The Morgan fingerprint density at radius 3 is 3.00 bits per heavy atom. The highest BCUT2D eigenvalue weighted by Crippen LogP contribution is 2.25. The fourth-order valence-corrected chi connectivity index (χ4v) is 1.92. The van der Waals surface area contributed by atoms with Crippen molar-refractivity contribution < 1.29 is 0 Å². The van der Waals surface area contributed by atoms with Crippen molar-refractivity contribution >= 4 is 11.4 Å². The van der Waals surface area contributed by atoms with Crippen LogP contribution in [0.4, 0.5) is 5.69 Å². The van der Waals surface area contributed by atoms with Gasteiger partial charge in [0, 0.05) is 12.1 Å². The van der Waals surface area contributed by atoms with Crippen LogP contribution in [0.15, 0.2) is 29.3 Å². The molecule has 15 heavy (non-hydrogen) atoms. The standard InChI is InChI=1S/C13H14N2/c1-10-3-2-4-12(7-10)15-13-6-5-11(8-13)9-14/h2-4,7,11H,5-6,8H2,1H3. The van der Waals surface area contributed by atoms with Gasteiger partial charge in [0.2, 0.25) is 0 Å². The molecule has 2 nitrogen and oxygen atoms in total. The van der Waals surface area contributed by atoms with Gasteiger partial charge in [-0.15, -0.1) is 0 Å². The van der Waals surface area contributed by atoms with E-state index in [2.05, 4.69) is 30.1 Å². The molecule has 0 bridgehead atoms. The maximum absolute atomic E-state index is 8.79. The van der Waals surface area contributed by atoms with Gasteiger partial charge in [-0.3, -0.25) is 4.99 Å². The van der Waals surface area contributed by atoms with Crippen molar-refractivity contribution in [3.63, 3.8) is 0 Å². The number of hydrogen-bond donors (Lipinski definition) is 0. The number of aryl methyl sites for hydroxylation is 1. The third kappa shape index (κ3) is 2.44. The van der Waals surface area contributed by atoms with Gasteiger partial charge in [0.1, 0.15) is 0 Å². The fraction of sp³-hybridized carbons (Fsp3) is 0.385. The Bertz CT molecular complexity index is 426. The smallest absolute Gasteiger partial charge is 0.0659 e. The summed E-state index contributed by atoms with van der Waals surface area (Å²) in [5, 5.41) is 8.79. The Hall–Kier alpha value is -1.62. The third-order valence-corrected chi connectivity index (χ3v) is 2.73. The van der Waals surface area contributed by atoms with E-state index in [1.54, 1.807) is 0 Å². The highest BCUT2D eigenvalue weighted by Gasteiger charge is 2.19. The van der Waals surface area contributed by atoms with Crippen molar-refractivity contribution in [1.82, 2.24) is 0 Å². The molecule has 1 atom stereocenters. The molecule has 0 spiro atoms. The van der Waals surface area contributed by atoms with Crippen LogP contribution in [0.2, 0.25) is 0 Å². The van der Waals surface area contributed by atoms with Gasteiger partial charge in [-0.1, -0.05) is 12.1 Å². The van der Waals surface area contributed by atoms with Gasteiger partial charge in [0.15, 0.2) is 0 Å². The lowest BCUT2D eigenvalue weighted by atomic mass is 10.1. The summed E-state index contributed by atoms with van der Waals surface area (Å²) in [4.78, 5) is 4.58. The monoisotopic (exact) mass is 198 g/mol. The summed E-state index contributed by atoms with van der Waals surface area (Å²) >= 11 is 0. The van der Waals surface area contributed by atoms with Gasteiger partial charge in [-0.05, 0) is 37.5 Å². The highest BCUT2D eigenvalue weighted by molar-refractivity contribution is 5.89. The number of hydrogen-bond acceptors (Lipinski definition) is 2. The zero-order valence-electron chi connectivity index (χ0n) is 8.90. The van der Waals surface area contributed by atoms with Crippen molar-refractivity contribution in [1.29, 1.82) is 5.26 Å². The first-order valence-corrected chi connectivity index (χ1v) is 5.30. The summed E-state index contributed by atoms with van der Waals surface area (Å²) in [5.41, 5.74) is 3.42. The van der Waals surface area contributed by atoms with Crippen molar-refractivity contribution in [2.45, 2.75) is 26.2 Å². The van der Waals surface area contributed by atoms with Crippen LogP contribution in [0.5, 0.6) is 0 Å². The second kappa shape index (κ2) is 4.27. The lowest BCUT2D eigenvalue weighted by Crippen LogP contribution is -1.91. The molecular formula is C13H14N2. The highest BCUT2D eigenvalue weighted by atomic mass is 14.8. The molecular weight excluding hydrogens is 184 g/mol. The van der Waals surface area contributed by atoms with Gasteiger partial charge in [0.25, 0.3) is 0 Å². The van der Waals surface area contributed by atoms with E-state index in [0.29, 0.717) is 0 Å². The minimum Gasteiger partial charge on any atom is -0.258 e. The first kappa shape index (κ1) is 9.92. The fourth-order valence-electron chi connectivity index (χ4n) is 1.92. The molecule has 1 aliphatic rings. The summed E-state index contributed by atoms with van der Waals surface area (Å²) < 4.78 is 0. The van der Waals surface area contributed by atoms with Crippen molar-refractivity contribution in [2.24, 2.45) is 10.9 Å². The number of nitriles is 1. The van der Waals surface area contributed by atoms with E-state index >= 15 is 0 Å². The van der Waals surface area contributed by atoms with E-state index in [-0.39, 0.29) is 5.92 Å². The second-order valence-corrected chi connectivity index (χ2v) is 4.09. The third-order valence-electron chi connectivity index (χ3n) is 2.73. The molecule has 0 heterocycles.